The van der Waals surface area contributed by atoms with Crippen LogP contribution in [0.2, 0.25) is 10.0 Å². The Morgan fingerprint density at radius 1 is 1.35 bits per heavy atom. The standard InChI is InChI=1S/C10H9Cl2FN4/c1-17-5-15-16-9(17)4-14-10-7(11)2-6(13)3-8(10)12/h2-3,5,14H,4H2,1H3. The molecule has 0 aliphatic rings. The van der Waals surface area contributed by atoms with E-state index in [1.165, 1.54) is 12.1 Å². The van der Waals surface area contributed by atoms with Crippen molar-refractivity contribution >= 4 is 28.9 Å². The van der Waals surface area contributed by atoms with Crippen LogP contribution in [-0.2, 0) is 13.6 Å². The van der Waals surface area contributed by atoms with Gasteiger partial charge in [-0.2, -0.15) is 0 Å². The lowest BCUT2D eigenvalue weighted by Crippen LogP contribution is -2.06. The number of aryl methyl sites for hydroxylation is 1. The summed E-state index contributed by atoms with van der Waals surface area (Å²) in [6.07, 6.45) is 1.59. The molecule has 0 radical (unpaired) electrons. The summed E-state index contributed by atoms with van der Waals surface area (Å²) in [4.78, 5) is 0. The maximum atomic E-state index is 13.0. The third-order valence-corrected chi connectivity index (χ3v) is 2.83. The number of anilines is 1. The minimum absolute atomic E-state index is 0.233. The highest BCUT2D eigenvalue weighted by molar-refractivity contribution is 6.39. The number of rotatable bonds is 3. The molecule has 7 heteroatoms. The summed E-state index contributed by atoms with van der Waals surface area (Å²) in [5.41, 5.74) is 0.484. The molecule has 90 valence electrons. The normalized spacial score (nSPS) is 10.6. The summed E-state index contributed by atoms with van der Waals surface area (Å²) in [5, 5.41) is 11.1. The lowest BCUT2D eigenvalue weighted by Gasteiger charge is -2.09. The number of benzene rings is 1. The SMILES string of the molecule is Cn1cnnc1CNc1c(Cl)cc(F)cc1Cl. The molecule has 0 aliphatic heterocycles. The van der Waals surface area contributed by atoms with E-state index in [1.54, 1.807) is 10.9 Å². The van der Waals surface area contributed by atoms with Gasteiger partial charge in [-0.05, 0) is 12.1 Å². The first-order valence-corrected chi connectivity index (χ1v) is 5.55. The van der Waals surface area contributed by atoms with Crippen molar-refractivity contribution in [2.24, 2.45) is 7.05 Å². The first-order valence-electron chi connectivity index (χ1n) is 4.79. The highest BCUT2D eigenvalue weighted by Gasteiger charge is 2.09. The second-order valence-corrected chi connectivity index (χ2v) is 4.27. The molecule has 0 saturated carbocycles. The molecule has 17 heavy (non-hydrogen) atoms. The van der Waals surface area contributed by atoms with Gasteiger partial charge in [0, 0.05) is 7.05 Å². The van der Waals surface area contributed by atoms with E-state index in [0.717, 1.165) is 5.82 Å². The largest absolute Gasteiger partial charge is 0.375 e. The van der Waals surface area contributed by atoms with E-state index in [0.29, 0.717) is 12.2 Å². The van der Waals surface area contributed by atoms with Crippen LogP contribution in [0.1, 0.15) is 5.82 Å². The molecule has 0 amide bonds. The summed E-state index contributed by atoms with van der Waals surface area (Å²) < 4.78 is 14.7. The van der Waals surface area contributed by atoms with Crippen LogP contribution in [-0.4, -0.2) is 14.8 Å². The summed E-state index contributed by atoms with van der Waals surface area (Å²) in [7, 11) is 1.82. The molecular formula is C10H9Cl2FN4. The molecule has 1 aromatic heterocycles. The predicted octanol–water partition coefficient (Wildman–Crippen LogP) is 2.87. The maximum absolute atomic E-state index is 13.0. The van der Waals surface area contributed by atoms with Crippen LogP contribution in [0.25, 0.3) is 0 Å². The van der Waals surface area contributed by atoms with E-state index >= 15 is 0 Å². The van der Waals surface area contributed by atoms with Crippen molar-refractivity contribution in [1.29, 1.82) is 0 Å². The van der Waals surface area contributed by atoms with Gasteiger partial charge in [-0.3, -0.25) is 0 Å². The Labute approximate surface area is 107 Å². The summed E-state index contributed by atoms with van der Waals surface area (Å²) in [6, 6.07) is 2.40. The van der Waals surface area contributed by atoms with Crippen molar-refractivity contribution < 1.29 is 4.39 Å². The van der Waals surface area contributed by atoms with Gasteiger partial charge in [0.25, 0.3) is 0 Å². The Morgan fingerprint density at radius 2 is 2.00 bits per heavy atom. The molecule has 0 fully saturated rings. The summed E-state index contributed by atoms with van der Waals surface area (Å²) in [6.45, 7) is 0.404. The molecule has 0 unspecified atom stereocenters. The van der Waals surface area contributed by atoms with Crippen LogP contribution in [0.15, 0.2) is 18.5 Å². The van der Waals surface area contributed by atoms with E-state index < -0.39 is 5.82 Å². The van der Waals surface area contributed by atoms with E-state index in [2.05, 4.69) is 15.5 Å². The van der Waals surface area contributed by atoms with Gasteiger partial charge in [-0.1, -0.05) is 23.2 Å². The third kappa shape index (κ3) is 2.68. The van der Waals surface area contributed by atoms with Gasteiger partial charge in [0.1, 0.15) is 12.1 Å². The molecular weight excluding hydrogens is 266 g/mol. The first kappa shape index (κ1) is 12.1. The van der Waals surface area contributed by atoms with Gasteiger partial charge in [0.15, 0.2) is 5.82 Å². The molecule has 0 saturated heterocycles. The highest BCUT2D eigenvalue weighted by Crippen LogP contribution is 2.31. The fourth-order valence-corrected chi connectivity index (χ4v) is 1.94. The van der Waals surface area contributed by atoms with Gasteiger partial charge in [-0.15, -0.1) is 10.2 Å². The quantitative estimate of drug-likeness (QED) is 0.936. The van der Waals surface area contributed by atoms with Crippen molar-refractivity contribution in [2.45, 2.75) is 6.54 Å². The number of aromatic nitrogens is 3. The smallest absolute Gasteiger partial charge is 0.151 e. The molecule has 0 aliphatic carbocycles. The summed E-state index contributed by atoms with van der Waals surface area (Å²) >= 11 is 11.8. The Morgan fingerprint density at radius 3 is 2.53 bits per heavy atom. The van der Waals surface area contributed by atoms with Crippen LogP contribution in [0.5, 0.6) is 0 Å². The van der Waals surface area contributed by atoms with Gasteiger partial charge >= 0.3 is 0 Å². The van der Waals surface area contributed by atoms with Crippen molar-refractivity contribution in [3.63, 3.8) is 0 Å². The fourth-order valence-electron chi connectivity index (χ4n) is 1.35. The molecule has 2 rings (SSSR count). The second kappa shape index (κ2) is 4.89. The van der Waals surface area contributed by atoms with Crippen LogP contribution >= 0.6 is 23.2 Å². The monoisotopic (exact) mass is 274 g/mol. The number of hydrogen-bond acceptors (Lipinski definition) is 3. The number of nitrogens with zero attached hydrogens (tertiary/aromatic N) is 3. The van der Waals surface area contributed by atoms with Gasteiger partial charge in [0.05, 0.1) is 22.3 Å². The predicted molar refractivity (Wildman–Crippen MR) is 64.7 cm³/mol. The van der Waals surface area contributed by atoms with Crippen molar-refractivity contribution in [3.8, 4) is 0 Å². The van der Waals surface area contributed by atoms with E-state index in [1.807, 2.05) is 7.05 Å². The van der Waals surface area contributed by atoms with E-state index in [9.17, 15) is 4.39 Å². The zero-order valence-corrected chi connectivity index (χ0v) is 10.4. The van der Waals surface area contributed by atoms with Crippen molar-refractivity contribution in [3.05, 3.63) is 40.1 Å². The lowest BCUT2D eigenvalue weighted by atomic mass is 10.3. The molecule has 1 N–H and O–H groups in total. The fraction of sp³-hybridized carbons (Fsp3) is 0.200. The second-order valence-electron chi connectivity index (χ2n) is 3.46. The third-order valence-electron chi connectivity index (χ3n) is 2.24. The van der Waals surface area contributed by atoms with Crippen LogP contribution in [0.4, 0.5) is 10.1 Å². The Bertz CT molecular complexity index is 518. The molecule has 1 heterocycles. The van der Waals surface area contributed by atoms with Crippen LogP contribution < -0.4 is 5.32 Å². The molecule has 2 aromatic rings. The van der Waals surface area contributed by atoms with Crippen LogP contribution in [0.3, 0.4) is 0 Å². The lowest BCUT2D eigenvalue weighted by molar-refractivity contribution is 0.628. The minimum Gasteiger partial charge on any atom is -0.375 e. The van der Waals surface area contributed by atoms with Crippen LogP contribution in [0, 0.1) is 5.82 Å². The number of halogens is 3. The van der Waals surface area contributed by atoms with E-state index in [4.69, 9.17) is 23.2 Å². The Kier molecular flexibility index (Phi) is 3.49. The molecule has 0 spiro atoms. The average molecular weight is 275 g/mol. The molecule has 1 aromatic carbocycles. The van der Waals surface area contributed by atoms with Crippen molar-refractivity contribution in [2.75, 3.05) is 5.32 Å². The molecule has 0 bridgehead atoms. The maximum Gasteiger partial charge on any atom is 0.151 e. The van der Waals surface area contributed by atoms with Gasteiger partial charge < -0.3 is 9.88 Å². The Balaban J connectivity index is 2.17. The topological polar surface area (TPSA) is 42.7 Å². The number of nitrogens with one attached hydrogen (secondary N) is 1. The molecule has 4 nitrogen and oxygen atoms in total. The zero-order chi connectivity index (χ0) is 12.4. The summed E-state index contributed by atoms with van der Waals surface area (Å²) in [5.74, 6) is 0.255. The van der Waals surface area contributed by atoms with Gasteiger partial charge in [-0.25, -0.2) is 4.39 Å². The van der Waals surface area contributed by atoms with Crippen molar-refractivity contribution in [1.82, 2.24) is 14.8 Å². The number of hydrogen-bond donors (Lipinski definition) is 1. The first-order chi connectivity index (χ1) is 8.08. The highest BCUT2D eigenvalue weighted by atomic mass is 35.5. The minimum atomic E-state index is -0.468. The molecule has 0 atom stereocenters. The average Bonchev–Trinajstić information content (AvgIpc) is 2.62. The van der Waals surface area contributed by atoms with Gasteiger partial charge in [0.2, 0.25) is 0 Å². The zero-order valence-electron chi connectivity index (χ0n) is 8.91. The van der Waals surface area contributed by atoms with E-state index in [-0.39, 0.29) is 10.0 Å². The Hall–Kier alpha value is -1.33.